The molecule has 1 atom stereocenters. The van der Waals surface area contributed by atoms with Gasteiger partial charge in [0.05, 0.1) is 27.0 Å². The molecule has 12 heteroatoms. The smallest absolute Gasteiger partial charge is 0.219 e. The molecule has 0 aliphatic rings. The van der Waals surface area contributed by atoms with E-state index in [0.29, 0.717) is 43.0 Å². The van der Waals surface area contributed by atoms with Crippen LogP contribution < -0.4 is 10.2 Å². The predicted octanol–water partition coefficient (Wildman–Crippen LogP) is 6.41. The molecule has 2 heterocycles. The third-order valence-electron chi connectivity index (χ3n) is 6.83. The Hall–Kier alpha value is -4.02. The molecule has 0 radical (unpaired) electrons. The lowest BCUT2D eigenvalue weighted by Crippen LogP contribution is -2.45. The number of nitrogens with zero attached hydrogens (tertiary/aromatic N) is 5. The second-order valence-corrected chi connectivity index (χ2v) is 10.9. The van der Waals surface area contributed by atoms with Crippen LogP contribution in [0.1, 0.15) is 49.9 Å². The van der Waals surface area contributed by atoms with Crippen molar-refractivity contribution in [3.05, 3.63) is 75.8 Å². The molecule has 1 unspecified atom stereocenters. The number of hydrogen-bond acceptors (Lipinski definition) is 6. The van der Waals surface area contributed by atoms with E-state index in [1.807, 2.05) is 32.6 Å². The summed E-state index contributed by atoms with van der Waals surface area (Å²) >= 11 is 12.7. The molecule has 0 bridgehead atoms. The van der Waals surface area contributed by atoms with Gasteiger partial charge >= 0.3 is 0 Å². The number of aryl methyl sites for hydroxylation is 1. The highest BCUT2D eigenvalue weighted by molar-refractivity contribution is 6.43. The van der Waals surface area contributed by atoms with E-state index >= 15 is 4.39 Å². The van der Waals surface area contributed by atoms with Crippen molar-refractivity contribution in [2.75, 3.05) is 25.0 Å². The van der Waals surface area contributed by atoms with Crippen LogP contribution in [0, 0.1) is 12.7 Å². The van der Waals surface area contributed by atoms with Crippen LogP contribution in [0.4, 0.5) is 15.9 Å². The van der Waals surface area contributed by atoms with Crippen molar-refractivity contribution >= 4 is 53.4 Å². The lowest BCUT2D eigenvalue weighted by Gasteiger charge is -2.34. The van der Waals surface area contributed by atoms with Gasteiger partial charge in [0.15, 0.2) is 5.82 Å². The molecule has 0 saturated heterocycles. The van der Waals surface area contributed by atoms with Gasteiger partial charge in [0.25, 0.3) is 0 Å². The van der Waals surface area contributed by atoms with Crippen molar-refractivity contribution in [1.82, 2.24) is 20.2 Å². The van der Waals surface area contributed by atoms with Gasteiger partial charge in [0.1, 0.15) is 23.1 Å². The van der Waals surface area contributed by atoms with E-state index in [4.69, 9.17) is 23.2 Å². The Morgan fingerprint density at radius 1 is 1.23 bits per heavy atom. The second kappa shape index (κ2) is 14.9. The van der Waals surface area contributed by atoms with E-state index in [2.05, 4.69) is 26.9 Å². The first kappa shape index (κ1) is 33.5. The Balaban J connectivity index is 2.44. The number of phenolic OH excluding ortho intramolecular Hbond substituents is 1. The van der Waals surface area contributed by atoms with Gasteiger partial charge in [-0.3, -0.25) is 24.5 Å². The molecule has 0 spiro atoms. The van der Waals surface area contributed by atoms with E-state index in [1.165, 1.54) is 23.1 Å². The molecule has 2 N–H and O–H groups in total. The Labute approximate surface area is 261 Å². The van der Waals surface area contributed by atoms with Crippen LogP contribution in [-0.4, -0.2) is 64.8 Å². The summed E-state index contributed by atoms with van der Waals surface area (Å²) in [7, 11) is 1.55. The summed E-state index contributed by atoms with van der Waals surface area (Å²) in [6, 6.07) is 5.20. The van der Waals surface area contributed by atoms with E-state index in [-0.39, 0.29) is 56.9 Å². The Kier molecular flexibility index (Phi) is 11.6. The number of pyridine rings is 2. The summed E-state index contributed by atoms with van der Waals surface area (Å²) in [5, 5.41) is 12.9. The lowest BCUT2D eigenvalue weighted by atomic mass is 10.0. The summed E-state index contributed by atoms with van der Waals surface area (Å²) in [5.74, 6) is -0.715. The average Bonchev–Trinajstić information content (AvgIpc) is 2.97. The van der Waals surface area contributed by atoms with E-state index in [1.54, 1.807) is 25.4 Å². The summed E-state index contributed by atoms with van der Waals surface area (Å²) in [5.41, 5.74) is 1.87. The lowest BCUT2D eigenvalue weighted by molar-refractivity contribution is -0.109. The number of nitrogens with one attached hydrogen (secondary N) is 1. The molecule has 43 heavy (non-hydrogen) atoms. The average molecular weight is 630 g/mol. The van der Waals surface area contributed by atoms with Crippen LogP contribution in [0.25, 0.3) is 11.3 Å². The monoisotopic (exact) mass is 628 g/mol. The first-order chi connectivity index (χ1) is 20.5. The molecule has 9 nitrogen and oxygen atoms in total. The molecule has 3 aromatic rings. The standard InChI is InChI=1S/C31H35Cl2FN6O3/c1-7-8-11-39(20(5)15-36-16-41)30(35-6)23-14-25(34)28(22-12-21(43)13-24(32)26(22)33)38-31(23)40(17-42)29-19(4)9-10-37-27(29)18(2)3/h7,9-10,12-14,16-18,20,43H,1,8,11,15H2,2-6H3,(H,36,41)/b35-30+. The molecule has 0 fully saturated rings. The number of phenols is 1. The number of carbonyl (C=O) groups excluding carboxylic acids is 2. The number of amidine groups is 1. The molecular weight excluding hydrogens is 594 g/mol. The van der Waals surface area contributed by atoms with Crippen molar-refractivity contribution in [2.24, 2.45) is 4.99 Å². The fourth-order valence-corrected chi connectivity index (χ4v) is 5.19. The number of rotatable bonds is 13. The molecule has 2 aromatic heterocycles. The van der Waals surface area contributed by atoms with Crippen LogP contribution in [0.3, 0.4) is 0 Å². The number of aliphatic imine (C=N–C) groups is 1. The van der Waals surface area contributed by atoms with Gasteiger partial charge < -0.3 is 15.3 Å². The van der Waals surface area contributed by atoms with Crippen molar-refractivity contribution in [1.29, 1.82) is 0 Å². The molecule has 2 amide bonds. The van der Waals surface area contributed by atoms with Crippen molar-refractivity contribution in [2.45, 2.75) is 46.1 Å². The first-order valence-electron chi connectivity index (χ1n) is 13.6. The SMILES string of the molecule is C=CCCN(/C(=N/C)c1cc(F)c(-c2cc(O)cc(Cl)c2Cl)nc1N(C=O)c1c(C)ccnc1C(C)C)C(C)CNC=O. The number of anilines is 2. The van der Waals surface area contributed by atoms with Crippen LogP contribution >= 0.6 is 23.2 Å². The van der Waals surface area contributed by atoms with E-state index < -0.39 is 5.82 Å². The third-order valence-corrected chi connectivity index (χ3v) is 7.63. The highest BCUT2D eigenvalue weighted by Crippen LogP contribution is 2.41. The number of halogens is 3. The van der Waals surface area contributed by atoms with E-state index in [0.717, 1.165) is 5.56 Å². The van der Waals surface area contributed by atoms with Gasteiger partial charge in [0.2, 0.25) is 12.8 Å². The third kappa shape index (κ3) is 7.32. The Morgan fingerprint density at radius 3 is 2.56 bits per heavy atom. The van der Waals surface area contributed by atoms with Crippen LogP contribution in [0.2, 0.25) is 10.0 Å². The van der Waals surface area contributed by atoms with Gasteiger partial charge in [0, 0.05) is 44.0 Å². The maximum atomic E-state index is 16.1. The topological polar surface area (TPSA) is 111 Å². The highest BCUT2D eigenvalue weighted by atomic mass is 35.5. The summed E-state index contributed by atoms with van der Waals surface area (Å²) in [6.07, 6.45) is 5.15. The normalized spacial score (nSPS) is 12.2. The molecule has 1 aromatic carbocycles. The number of aromatic hydroxyl groups is 1. The fraction of sp³-hybridized carbons (Fsp3) is 0.323. The molecule has 0 aliphatic heterocycles. The minimum atomic E-state index is -0.788. The zero-order valence-electron chi connectivity index (χ0n) is 24.7. The van der Waals surface area contributed by atoms with Crippen LogP contribution in [-0.2, 0) is 9.59 Å². The molecule has 0 saturated carbocycles. The zero-order chi connectivity index (χ0) is 31.8. The molecular formula is C31H35Cl2FN6O3. The van der Waals surface area contributed by atoms with Crippen molar-refractivity contribution in [3.8, 4) is 17.0 Å². The molecule has 0 aliphatic carbocycles. The van der Waals surface area contributed by atoms with Gasteiger partial charge in [-0.1, -0.05) is 43.1 Å². The highest BCUT2D eigenvalue weighted by Gasteiger charge is 2.30. The van der Waals surface area contributed by atoms with Gasteiger partial charge in [-0.25, -0.2) is 9.37 Å². The maximum Gasteiger partial charge on any atom is 0.219 e. The van der Waals surface area contributed by atoms with Crippen LogP contribution in [0.5, 0.6) is 5.75 Å². The zero-order valence-corrected chi connectivity index (χ0v) is 26.2. The molecule has 3 rings (SSSR count). The van der Waals surface area contributed by atoms with Crippen LogP contribution in [0.15, 0.2) is 48.1 Å². The number of hydrogen-bond donors (Lipinski definition) is 2. The minimum absolute atomic E-state index is 0.00356. The minimum Gasteiger partial charge on any atom is -0.508 e. The largest absolute Gasteiger partial charge is 0.508 e. The van der Waals surface area contributed by atoms with Crippen molar-refractivity contribution < 1.29 is 19.1 Å². The number of benzene rings is 1. The summed E-state index contributed by atoms with van der Waals surface area (Å²) in [6.45, 7) is 12.1. The van der Waals surface area contributed by atoms with Gasteiger partial charge in [-0.05, 0) is 49.9 Å². The van der Waals surface area contributed by atoms with Gasteiger partial charge in [-0.15, -0.1) is 6.58 Å². The van der Waals surface area contributed by atoms with Gasteiger partial charge in [-0.2, -0.15) is 0 Å². The quantitative estimate of drug-likeness (QED) is 0.0979. The number of amides is 2. The Bertz CT molecular complexity index is 1530. The van der Waals surface area contributed by atoms with Crippen molar-refractivity contribution in [3.63, 3.8) is 0 Å². The predicted molar refractivity (Wildman–Crippen MR) is 170 cm³/mol. The van der Waals surface area contributed by atoms with E-state index in [9.17, 15) is 14.7 Å². The first-order valence-corrected chi connectivity index (χ1v) is 14.4. The maximum absolute atomic E-state index is 16.1. The fourth-order valence-electron chi connectivity index (χ4n) is 4.78. The Morgan fingerprint density at radius 2 is 1.95 bits per heavy atom. The number of aromatic nitrogens is 2. The summed E-state index contributed by atoms with van der Waals surface area (Å²) in [4.78, 5) is 41.0. The second-order valence-electron chi connectivity index (χ2n) is 10.2. The summed E-state index contributed by atoms with van der Waals surface area (Å²) < 4.78 is 16.1. The number of carbonyl (C=O) groups is 2. The molecule has 228 valence electrons.